The molecular weight excluding hydrogens is 302 g/mol. The van der Waals surface area contributed by atoms with Crippen molar-refractivity contribution in [2.24, 2.45) is 0 Å². The van der Waals surface area contributed by atoms with Gasteiger partial charge in [-0.2, -0.15) is 0 Å². The molecule has 24 heavy (non-hydrogen) atoms. The molecule has 0 aromatic heterocycles. The van der Waals surface area contributed by atoms with Crippen LogP contribution < -0.4 is 11.1 Å². The van der Waals surface area contributed by atoms with E-state index < -0.39 is 6.04 Å². The molecule has 2 aromatic carbocycles. The molecule has 5 heteroatoms. The molecule has 0 aliphatic carbocycles. The maximum Gasteiger partial charge on any atom is 0.250 e. The number of nitrogens with two attached hydrogens (primary N) is 1. The van der Waals surface area contributed by atoms with Gasteiger partial charge in [-0.3, -0.25) is 9.59 Å². The Hall–Kier alpha value is -2.82. The highest BCUT2D eigenvalue weighted by molar-refractivity contribution is 5.88. The first-order valence-electron chi connectivity index (χ1n) is 8.02. The molecule has 1 aliphatic rings. The number of fused-ring (bicyclic) bond motifs is 1. The second-order valence-electron chi connectivity index (χ2n) is 6.08. The Kier molecular flexibility index (Phi) is 4.51. The average Bonchev–Trinajstić information content (AvgIpc) is 2.59. The second kappa shape index (κ2) is 6.74. The van der Waals surface area contributed by atoms with Crippen molar-refractivity contribution in [2.45, 2.75) is 25.9 Å². The first kappa shape index (κ1) is 16.1. The summed E-state index contributed by atoms with van der Waals surface area (Å²) in [4.78, 5) is 26.4. The van der Waals surface area contributed by atoms with E-state index in [2.05, 4.69) is 5.32 Å². The predicted octanol–water partition coefficient (Wildman–Crippen LogP) is 2.03. The molecule has 0 spiro atoms. The monoisotopic (exact) mass is 323 g/mol. The van der Waals surface area contributed by atoms with Gasteiger partial charge in [0.1, 0.15) is 6.04 Å². The van der Waals surface area contributed by atoms with Gasteiger partial charge in [-0.15, -0.1) is 0 Å². The molecule has 1 atom stereocenters. The van der Waals surface area contributed by atoms with E-state index in [1.165, 1.54) is 12.5 Å². The van der Waals surface area contributed by atoms with Crippen LogP contribution in [-0.4, -0.2) is 23.3 Å². The fraction of sp³-hybridized carbons (Fsp3) is 0.263. The number of amides is 2. The van der Waals surface area contributed by atoms with Crippen LogP contribution in [0, 0.1) is 0 Å². The van der Waals surface area contributed by atoms with E-state index in [1.807, 2.05) is 48.5 Å². The van der Waals surface area contributed by atoms with Gasteiger partial charge in [0.25, 0.3) is 0 Å². The Morgan fingerprint density at radius 3 is 2.58 bits per heavy atom. The molecule has 1 aliphatic heterocycles. The van der Waals surface area contributed by atoms with Crippen molar-refractivity contribution in [1.82, 2.24) is 10.2 Å². The SMILES string of the molecule is CC(=O)NC(C(=O)N1CCc2cc(N)ccc2C1)c1ccccc1. The minimum atomic E-state index is -0.654. The number of nitrogens with one attached hydrogen (secondary N) is 1. The lowest BCUT2D eigenvalue weighted by Crippen LogP contribution is -2.44. The van der Waals surface area contributed by atoms with E-state index in [9.17, 15) is 9.59 Å². The molecule has 0 fully saturated rings. The van der Waals surface area contributed by atoms with Crippen molar-refractivity contribution in [1.29, 1.82) is 0 Å². The van der Waals surface area contributed by atoms with Crippen LogP contribution in [0.4, 0.5) is 5.69 Å². The van der Waals surface area contributed by atoms with Crippen molar-refractivity contribution < 1.29 is 9.59 Å². The largest absolute Gasteiger partial charge is 0.399 e. The van der Waals surface area contributed by atoms with Crippen LogP contribution in [0.15, 0.2) is 48.5 Å². The average molecular weight is 323 g/mol. The van der Waals surface area contributed by atoms with Crippen LogP contribution in [0.5, 0.6) is 0 Å². The minimum absolute atomic E-state index is 0.0844. The summed E-state index contributed by atoms with van der Waals surface area (Å²) in [6.45, 7) is 2.59. The quantitative estimate of drug-likeness (QED) is 0.849. The van der Waals surface area contributed by atoms with Gasteiger partial charge in [0, 0.05) is 25.7 Å². The van der Waals surface area contributed by atoms with Gasteiger partial charge < -0.3 is 16.0 Å². The van der Waals surface area contributed by atoms with Gasteiger partial charge in [0.05, 0.1) is 0 Å². The van der Waals surface area contributed by atoms with Crippen molar-refractivity contribution in [3.63, 3.8) is 0 Å². The maximum atomic E-state index is 13.0. The van der Waals surface area contributed by atoms with Crippen molar-refractivity contribution in [2.75, 3.05) is 12.3 Å². The highest BCUT2D eigenvalue weighted by Crippen LogP contribution is 2.24. The summed E-state index contributed by atoms with van der Waals surface area (Å²) >= 11 is 0. The van der Waals surface area contributed by atoms with E-state index in [1.54, 1.807) is 4.90 Å². The number of nitrogen functional groups attached to an aromatic ring is 1. The molecular formula is C19H21N3O2. The van der Waals surface area contributed by atoms with Gasteiger partial charge in [-0.05, 0) is 35.2 Å². The lowest BCUT2D eigenvalue weighted by atomic mass is 9.97. The van der Waals surface area contributed by atoms with Crippen LogP contribution in [-0.2, 0) is 22.6 Å². The van der Waals surface area contributed by atoms with Crippen LogP contribution in [0.2, 0.25) is 0 Å². The minimum Gasteiger partial charge on any atom is -0.399 e. The molecule has 5 nitrogen and oxygen atoms in total. The number of benzene rings is 2. The Labute approximate surface area is 141 Å². The number of anilines is 1. The molecule has 2 aromatic rings. The van der Waals surface area contributed by atoms with Crippen LogP contribution in [0.25, 0.3) is 0 Å². The Balaban J connectivity index is 1.83. The molecule has 0 radical (unpaired) electrons. The van der Waals surface area contributed by atoms with Gasteiger partial charge in [-0.1, -0.05) is 36.4 Å². The molecule has 0 saturated heterocycles. The molecule has 0 bridgehead atoms. The maximum absolute atomic E-state index is 13.0. The summed E-state index contributed by atoms with van der Waals surface area (Å²) in [5.41, 5.74) is 9.66. The number of carbonyl (C=O) groups is 2. The molecule has 3 rings (SSSR count). The van der Waals surface area contributed by atoms with Crippen LogP contribution >= 0.6 is 0 Å². The molecule has 1 heterocycles. The first-order chi connectivity index (χ1) is 11.5. The summed E-state index contributed by atoms with van der Waals surface area (Å²) < 4.78 is 0. The fourth-order valence-electron chi connectivity index (χ4n) is 3.08. The number of rotatable bonds is 3. The molecule has 2 amide bonds. The van der Waals surface area contributed by atoms with Gasteiger partial charge >= 0.3 is 0 Å². The highest BCUT2D eigenvalue weighted by Gasteiger charge is 2.29. The lowest BCUT2D eigenvalue weighted by molar-refractivity contribution is -0.137. The van der Waals surface area contributed by atoms with E-state index >= 15 is 0 Å². The van der Waals surface area contributed by atoms with Crippen molar-refractivity contribution >= 4 is 17.5 Å². The zero-order valence-corrected chi connectivity index (χ0v) is 13.7. The zero-order valence-electron chi connectivity index (χ0n) is 13.7. The summed E-state index contributed by atoms with van der Waals surface area (Å²) in [5.74, 6) is -0.304. The summed E-state index contributed by atoms with van der Waals surface area (Å²) in [5, 5.41) is 2.78. The van der Waals surface area contributed by atoms with Crippen LogP contribution in [0.1, 0.15) is 29.7 Å². The third-order valence-electron chi connectivity index (χ3n) is 4.28. The van der Waals surface area contributed by atoms with E-state index in [4.69, 9.17) is 5.73 Å². The van der Waals surface area contributed by atoms with Gasteiger partial charge in [0.2, 0.25) is 11.8 Å². The standard InChI is InChI=1S/C19H21N3O2/c1-13(23)21-18(14-5-3-2-4-6-14)19(24)22-10-9-15-11-17(20)8-7-16(15)12-22/h2-8,11,18H,9-10,12,20H2,1H3,(H,21,23). The fourth-order valence-corrected chi connectivity index (χ4v) is 3.08. The summed E-state index contributed by atoms with van der Waals surface area (Å²) in [7, 11) is 0. The van der Waals surface area contributed by atoms with E-state index in [-0.39, 0.29) is 11.8 Å². The van der Waals surface area contributed by atoms with Crippen LogP contribution in [0.3, 0.4) is 0 Å². The normalized spacial score (nSPS) is 14.6. The third-order valence-corrected chi connectivity index (χ3v) is 4.28. The highest BCUT2D eigenvalue weighted by atomic mass is 16.2. The van der Waals surface area contributed by atoms with Gasteiger partial charge in [-0.25, -0.2) is 0 Å². The molecule has 124 valence electrons. The van der Waals surface area contributed by atoms with E-state index in [0.29, 0.717) is 13.1 Å². The summed E-state index contributed by atoms with van der Waals surface area (Å²) in [6, 6.07) is 14.5. The van der Waals surface area contributed by atoms with E-state index in [0.717, 1.165) is 23.2 Å². The van der Waals surface area contributed by atoms with Crippen molar-refractivity contribution in [3.8, 4) is 0 Å². The molecule has 0 saturated carbocycles. The zero-order chi connectivity index (χ0) is 17.1. The second-order valence-corrected chi connectivity index (χ2v) is 6.08. The lowest BCUT2D eigenvalue weighted by Gasteiger charge is -2.32. The predicted molar refractivity (Wildman–Crippen MR) is 93.0 cm³/mol. The number of hydrogen-bond acceptors (Lipinski definition) is 3. The first-order valence-corrected chi connectivity index (χ1v) is 8.02. The molecule has 3 N–H and O–H groups in total. The Morgan fingerprint density at radius 1 is 1.12 bits per heavy atom. The number of nitrogens with zero attached hydrogens (tertiary/aromatic N) is 1. The molecule has 1 unspecified atom stereocenters. The van der Waals surface area contributed by atoms with Gasteiger partial charge in [0.15, 0.2) is 0 Å². The third kappa shape index (κ3) is 3.40. The number of hydrogen-bond donors (Lipinski definition) is 2. The Morgan fingerprint density at radius 2 is 1.88 bits per heavy atom. The number of carbonyl (C=O) groups excluding carboxylic acids is 2. The van der Waals surface area contributed by atoms with Crippen molar-refractivity contribution in [3.05, 3.63) is 65.2 Å². The summed E-state index contributed by atoms with van der Waals surface area (Å²) in [6.07, 6.45) is 0.772. The topological polar surface area (TPSA) is 75.4 Å². The smallest absolute Gasteiger partial charge is 0.250 e. The Bertz CT molecular complexity index is 758.